The van der Waals surface area contributed by atoms with E-state index >= 15 is 0 Å². The van der Waals surface area contributed by atoms with Crippen molar-refractivity contribution in [1.29, 1.82) is 0 Å². The molecular formula is C14H22N2O2S. The van der Waals surface area contributed by atoms with Gasteiger partial charge in [0.2, 0.25) is 0 Å². The molecule has 4 nitrogen and oxygen atoms in total. The molecule has 2 aliphatic rings. The van der Waals surface area contributed by atoms with Crippen molar-refractivity contribution in [2.45, 2.75) is 45.6 Å². The second kappa shape index (κ2) is 4.93. The summed E-state index contributed by atoms with van der Waals surface area (Å²) in [5.41, 5.74) is 1.33. The first kappa shape index (κ1) is 13.2. The normalized spacial score (nSPS) is 29.9. The van der Waals surface area contributed by atoms with Gasteiger partial charge >= 0.3 is 0 Å². The minimum atomic E-state index is -2.80. The largest absolute Gasteiger partial charge is 0.332 e. The first-order valence-corrected chi connectivity index (χ1v) is 9.09. The van der Waals surface area contributed by atoms with Crippen LogP contribution in [-0.2, 0) is 29.2 Å². The Balaban J connectivity index is 1.75. The van der Waals surface area contributed by atoms with Gasteiger partial charge in [-0.25, -0.2) is 13.4 Å². The predicted molar refractivity (Wildman–Crippen MR) is 74.8 cm³/mol. The third kappa shape index (κ3) is 2.86. The van der Waals surface area contributed by atoms with Gasteiger partial charge in [-0.15, -0.1) is 0 Å². The molecule has 0 spiro atoms. The van der Waals surface area contributed by atoms with Crippen LogP contribution in [0.2, 0.25) is 0 Å². The van der Waals surface area contributed by atoms with Crippen LogP contribution in [0.5, 0.6) is 0 Å². The summed E-state index contributed by atoms with van der Waals surface area (Å²) >= 11 is 0. The quantitative estimate of drug-likeness (QED) is 0.831. The zero-order valence-electron chi connectivity index (χ0n) is 11.5. The maximum Gasteiger partial charge on any atom is 0.150 e. The first-order valence-electron chi connectivity index (χ1n) is 7.27. The van der Waals surface area contributed by atoms with Gasteiger partial charge in [0.1, 0.15) is 5.82 Å². The maximum atomic E-state index is 11.7. The van der Waals surface area contributed by atoms with Crippen LogP contribution in [0, 0.1) is 11.8 Å². The van der Waals surface area contributed by atoms with E-state index in [2.05, 4.69) is 16.5 Å². The molecule has 2 atom stereocenters. The van der Waals surface area contributed by atoms with E-state index in [1.165, 1.54) is 12.1 Å². The lowest BCUT2D eigenvalue weighted by Gasteiger charge is -2.25. The Bertz CT molecular complexity index is 562. The van der Waals surface area contributed by atoms with Crippen LogP contribution in [0.3, 0.4) is 0 Å². The number of sulfone groups is 1. The van der Waals surface area contributed by atoms with Crippen molar-refractivity contribution in [2.24, 2.45) is 11.8 Å². The molecule has 106 valence electrons. The molecule has 3 heterocycles. The fourth-order valence-corrected chi connectivity index (χ4v) is 5.15. The second-order valence-electron chi connectivity index (χ2n) is 6.25. The van der Waals surface area contributed by atoms with Crippen LogP contribution in [0.15, 0.2) is 6.20 Å². The number of aryl methyl sites for hydroxylation is 1. The zero-order valence-corrected chi connectivity index (χ0v) is 12.3. The smallest absolute Gasteiger partial charge is 0.150 e. The molecule has 3 rings (SSSR count). The number of hydrogen-bond acceptors (Lipinski definition) is 3. The highest BCUT2D eigenvalue weighted by atomic mass is 32.2. The summed E-state index contributed by atoms with van der Waals surface area (Å²) in [5, 5.41) is 0. The van der Waals surface area contributed by atoms with Gasteiger partial charge in [-0.3, -0.25) is 0 Å². The van der Waals surface area contributed by atoms with Crippen molar-refractivity contribution >= 4 is 9.84 Å². The van der Waals surface area contributed by atoms with Gasteiger partial charge in [0.25, 0.3) is 0 Å². The van der Waals surface area contributed by atoms with E-state index in [-0.39, 0.29) is 5.92 Å². The minimum Gasteiger partial charge on any atom is -0.332 e. The summed E-state index contributed by atoms with van der Waals surface area (Å²) < 4.78 is 25.7. The first-order chi connectivity index (χ1) is 9.03. The molecule has 19 heavy (non-hydrogen) atoms. The molecule has 0 N–H and O–H groups in total. The third-order valence-corrected chi connectivity index (χ3v) is 6.33. The van der Waals surface area contributed by atoms with E-state index in [0.717, 1.165) is 38.1 Å². The summed E-state index contributed by atoms with van der Waals surface area (Å²) in [6.07, 6.45) is 7.00. The van der Waals surface area contributed by atoms with Crippen LogP contribution >= 0.6 is 0 Å². The maximum absolute atomic E-state index is 11.7. The number of aromatic nitrogens is 2. The zero-order chi connectivity index (χ0) is 13.5. The topological polar surface area (TPSA) is 52.0 Å². The third-order valence-electron chi connectivity index (χ3n) is 4.44. The monoisotopic (exact) mass is 282 g/mol. The van der Waals surface area contributed by atoms with Gasteiger partial charge < -0.3 is 4.57 Å². The van der Waals surface area contributed by atoms with E-state index < -0.39 is 9.84 Å². The lowest BCUT2D eigenvalue weighted by atomic mass is 9.98. The van der Waals surface area contributed by atoms with Crippen LogP contribution in [0.25, 0.3) is 0 Å². The molecule has 1 aromatic rings. The lowest BCUT2D eigenvalue weighted by molar-refractivity contribution is 0.380. The van der Waals surface area contributed by atoms with Gasteiger partial charge in [0, 0.05) is 24.9 Å². The molecule has 2 unspecified atom stereocenters. The number of hydrogen-bond donors (Lipinski definition) is 0. The molecule has 1 saturated heterocycles. The summed E-state index contributed by atoms with van der Waals surface area (Å²) in [7, 11) is -2.80. The molecule has 5 heteroatoms. The van der Waals surface area contributed by atoms with E-state index in [1.54, 1.807) is 0 Å². The van der Waals surface area contributed by atoms with Crippen LogP contribution in [0.4, 0.5) is 0 Å². The molecular weight excluding hydrogens is 260 g/mol. The highest BCUT2D eigenvalue weighted by Gasteiger charge is 2.27. The average molecular weight is 282 g/mol. The van der Waals surface area contributed by atoms with Crippen LogP contribution in [0.1, 0.15) is 37.7 Å². The standard InChI is InChI=1S/C14H22N2O2S/c1-11-4-5-13-8-15-14(16(13)9-11)7-12-3-2-6-19(17,18)10-12/h8,11-12H,2-7,9-10H2,1H3. The van der Waals surface area contributed by atoms with E-state index in [9.17, 15) is 8.42 Å². The van der Waals surface area contributed by atoms with Gasteiger partial charge in [0.15, 0.2) is 9.84 Å². The number of rotatable bonds is 2. The molecule has 1 fully saturated rings. The molecule has 0 amide bonds. The molecule has 2 aliphatic heterocycles. The van der Waals surface area contributed by atoms with E-state index in [1.807, 2.05) is 6.20 Å². The Hall–Kier alpha value is -0.840. The lowest BCUT2D eigenvalue weighted by Crippen LogP contribution is -2.28. The SMILES string of the molecule is CC1CCc2cnc(CC3CCCS(=O)(=O)C3)n2C1. The van der Waals surface area contributed by atoms with Crippen molar-refractivity contribution in [2.75, 3.05) is 11.5 Å². The number of imidazole rings is 1. The highest BCUT2D eigenvalue weighted by molar-refractivity contribution is 7.91. The van der Waals surface area contributed by atoms with Gasteiger partial charge in [0.05, 0.1) is 11.5 Å². The van der Waals surface area contributed by atoms with E-state index in [0.29, 0.717) is 17.4 Å². The van der Waals surface area contributed by atoms with Crippen molar-refractivity contribution in [3.8, 4) is 0 Å². The van der Waals surface area contributed by atoms with Crippen LogP contribution in [-0.4, -0.2) is 29.5 Å². The van der Waals surface area contributed by atoms with Crippen molar-refractivity contribution in [3.05, 3.63) is 17.7 Å². The Morgan fingerprint density at radius 1 is 1.42 bits per heavy atom. The Morgan fingerprint density at radius 3 is 3.05 bits per heavy atom. The van der Waals surface area contributed by atoms with Crippen molar-refractivity contribution < 1.29 is 8.42 Å². The molecule has 0 radical (unpaired) electrons. The molecule has 0 bridgehead atoms. The summed E-state index contributed by atoms with van der Waals surface area (Å²) in [4.78, 5) is 4.54. The fraction of sp³-hybridized carbons (Fsp3) is 0.786. The highest BCUT2D eigenvalue weighted by Crippen LogP contribution is 2.25. The van der Waals surface area contributed by atoms with Gasteiger partial charge in [-0.2, -0.15) is 0 Å². The average Bonchev–Trinajstić information content (AvgIpc) is 2.71. The van der Waals surface area contributed by atoms with E-state index in [4.69, 9.17) is 0 Å². The number of fused-ring (bicyclic) bond motifs is 1. The van der Waals surface area contributed by atoms with Gasteiger partial charge in [-0.05, 0) is 37.5 Å². The minimum absolute atomic E-state index is 0.266. The Labute approximate surface area is 115 Å². The molecule has 0 saturated carbocycles. The van der Waals surface area contributed by atoms with Crippen LogP contribution < -0.4 is 0 Å². The Morgan fingerprint density at radius 2 is 2.26 bits per heavy atom. The summed E-state index contributed by atoms with van der Waals surface area (Å²) in [6, 6.07) is 0. The van der Waals surface area contributed by atoms with Gasteiger partial charge in [-0.1, -0.05) is 6.92 Å². The molecule has 0 aliphatic carbocycles. The number of nitrogens with zero attached hydrogens (tertiary/aromatic N) is 2. The molecule has 1 aromatic heterocycles. The second-order valence-corrected chi connectivity index (χ2v) is 8.48. The van der Waals surface area contributed by atoms with Crippen molar-refractivity contribution in [1.82, 2.24) is 9.55 Å². The predicted octanol–water partition coefficient (Wildman–Crippen LogP) is 1.83. The summed E-state index contributed by atoms with van der Waals surface area (Å²) in [6.45, 7) is 3.32. The fourth-order valence-electron chi connectivity index (χ4n) is 3.37. The summed E-state index contributed by atoms with van der Waals surface area (Å²) in [5.74, 6) is 2.80. The molecule has 0 aromatic carbocycles. The van der Waals surface area contributed by atoms with Crippen molar-refractivity contribution in [3.63, 3.8) is 0 Å². The Kier molecular flexibility index (Phi) is 3.41.